The van der Waals surface area contributed by atoms with Crippen LogP contribution in [0.3, 0.4) is 0 Å². The highest BCUT2D eigenvalue weighted by Crippen LogP contribution is 2.30. The Morgan fingerprint density at radius 3 is 2.26 bits per heavy atom. The van der Waals surface area contributed by atoms with E-state index in [1.54, 1.807) is 11.8 Å². The summed E-state index contributed by atoms with van der Waals surface area (Å²) in [6.45, 7) is 2.32. The average Bonchev–Trinajstić information content (AvgIpc) is 2.63. The third-order valence-corrected chi connectivity index (χ3v) is 6.26. The first-order valence-electron chi connectivity index (χ1n) is 8.13. The zero-order valence-electron chi connectivity index (χ0n) is 14.4. The van der Waals surface area contributed by atoms with Gasteiger partial charge in [0.25, 0.3) is 0 Å². The molecule has 1 aromatic heterocycles. The average molecular weight is 403 g/mol. The van der Waals surface area contributed by atoms with Crippen LogP contribution in [0, 0.1) is 12.7 Å². The van der Waals surface area contributed by atoms with Gasteiger partial charge >= 0.3 is 6.18 Å². The number of pyridine rings is 1. The quantitative estimate of drug-likeness (QED) is 0.740. The van der Waals surface area contributed by atoms with E-state index >= 15 is 0 Å². The Kier molecular flexibility index (Phi) is 5.13. The summed E-state index contributed by atoms with van der Waals surface area (Å²) in [4.78, 5) is 5.14. The SMILES string of the molecule is Cc1ccc(F)c(S(=O)(=O)N2CCN(c3ccc(C(F)(F)F)cn3)CC2)c1. The molecule has 0 radical (unpaired) electrons. The van der Waals surface area contributed by atoms with E-state index in [9.17, 15) is 26.0 Å². The zero-order valence-corrected chi connectivity index (χ0v) is 15.2. The summed E-state index contributed by atoms with van der Waals surface area (Å²) >= 11 is 0. The fraction of sp³-hybridized carbons (Fsp3) is 0.353. The molecule has 1 saturated heterocycles. The second-order valence-electron chi connectivity index (χ2n) is 6.23. The Balaban J connectivity index is 1.72. The van der Waals surface area contributed by atoms with E-state index in [2.05, 4.69) is 4.98 Å². The molecule has 0 unspecified atom stereocenters. The van der Waals surface area contributed by atoms with E-state index < -0.39 is 27.6 Å². The van der Waals surface area contributed by atoms with Gasteiger partial charge in [-0.3, -0.25) is 0 Å². The van der Waals surface area contributed by atoms with Crippen LogP contribution in [-0.2, 0) is 16.2 Å². The van der Waals surface area contributed by atoms with Crippen molar-refractivity contribution < 1.29 is 26.0 Å². The number of nitrogens with zero attached hydrogens (tertiary/aromatic N) is 3. The number of rotatable bonds is 3. The summed E-state index contributed by atoms with van der Waals surface area (Å²) < 4.78 is 78.3. The molecule has 0 amide bonds. The van der Waals surface area contributed by atoms with Gasteiger partial charge < -0.3 is 4.90 Å². The Morgan fingerprint density at radius 2 is 1.70 bits per heavy atom. The van der Waals surface area contributed by atoms with Crippen molar-refractivity contribution in [2.24, 2.45) is 0 Å². The van der Waals surface area contributed by atoms with Crippen LogP contribution >= 0.6 is 0 Å². The lowest BCUT2D eigenvalue weighted by molar-refractivity contribution is -0.137. The number of hydrogen-bond donors (Lipinski definition) is 0. The van der Waals surface area contributed by atoms with Gasteiger partial charge in [-0.1, -0.05) is 6.07 Å². The number of aryl methyl sites for hydroxylation is 1. The van der Waals surface area contributed by atoms with E-state index in [0.717, 1.165) is 18.3 Å². The number of anilines is 1. The van der Waals surface area contributed by atoms with E-state index in [1.807, 2.05) is 0 Å². The van der Waals surface area contributed by atoms with Crippen molar-refractivity contribution in [3.63, 3.8) is 0 Å². The Morgan fingerprint density at radius 1 is 1.04 bits per heavy atom. The summed E-state index contributed by atoms with van der Waals surface area (Å²) in [5, 5.41) is 0. The highest BCUT2D eigenvalue weighted by atomic mass is 32.2. The lowest BCUT2D eigenvalue weighted by atomic mass is 10.2. The molecule has 0 N–H and O–H groups in total. The van der Waals surface area contributed by atoms with Gasteiger partial charge in [0.15, 0.2) is 0 Å². The minimum absolute atomic E-state index is 0.0818. The summed E-state index contributed by atoms with van der Waals surface area (Å²) in [5.74, 6) is -0.478. The lowest BCUT2D eigenvalue weighted by Crippen LogP contribution is -2.49. The maximum Gasteiger partial charge on any atom is 0.417 e. The molecular formula is C17H17F4N3O2S. The van der Waals surface area contributed by atoms with Gasteiger partial charge in [0.2, 0.25) is 10.0 Å². The number of halogens is 4. The highest BCUT2D eigenvalue weighted by Gasteiger charge is 2.33. The van der Waals surface area contributed by atoms with Gasteiger partial charge in [0, 0.05) is 32.4 Å². The van der Waals surface area contributed by atoms with Crippen molar-refractivity contribution in [2.45, 2.75) is 18.0 Å². The molecule has 0 saturated carbocycles. The van der Waals surface area contributed by atoms with Gasteiger partial charge in [0.05, 0.1) is 5.56 Å². The molecule has 2 aromatic rings. The van der Waals surface area contributed by atoms with Crippen molar-refractivity contribution in [1.82, 2.24) is 9.29 Å². The number of aromatic nitrogens is 1. The lowest BCUT2D eigenvalue weighted by Gasteiger charge is -2.34. The van der Waals surface area contributed by atoms with Crippen LogP contribution in [-0.4, -0.2) is 43.9 Å². The summed E-state index contributed by atoms with van der Waals surface area (Å²) in [6, 6.07) is 6.09. The highest BCUT2D eigenvalue weighted by molar-refractivity contribution is 7.89. The van der Waals surface area contributed by atoms with Crippen LogP contribution in [0.25, 0.3) is 0 Å². The Hall–Kier alpha value is -2.20. The maximum atomic E-state index is 14.0. The number of hydrogen-bond acceptors (Lipinski definition) is 4. The molecular weight excluding hydrogens is 386 g/mol. The molecule has 0 spiro atoms. The second kappa shape index (κ2) is 7.08. The summed E-state index contributed by atoms with van der Waals surface area (Å²) in [7, 11) is -3.98. The van der Waals surface area contributed by atoms with E-state index in [0.29, 0.717) is 11.4 Å². The predicted octanol–water partition coefficient (Wildman–Crippen LogP) is 3.06. The normalized spacial score (nSPS) is 16.6. The summed E-state index contributed by atoms with van der Waals surface area (Å²) in [5.41, 5.74) is -0.218. The molecule has 1 aromatic carbocycles. The number of sulfonamides is 1. The van der Waals surface area contributed by atoms with Crippen molar-refractivity contribution in [2.75, 3.05) is 31.1 Å². The molecule has 5 nitrogen and oxygen atoms in total. The molecule has 0 aliphatic carbocycles. The van der Waals surface area contributed by atoms with Gasteiger partial charge in [-0.2, -0.15) is 17.5 Å². The van der Waals surface area contributed by atoms with Crippen molar-refractivity contribution >= 4 is 15.8 Å². The van der Waals surface area contributed by atoms with Crippen LogP contribution in [0.2, 0.25) is 0 Å². The predicted molar refractivity (Wildman–Crippen MR) is 91.3 cm³/mol. The molecule has 27 heavy (non-hydrogen) atoms. The molecule has 10 heteroatoms. The van der Waals surface area contributed by atoms with E-state index in [-0.39, 0.29) is 31.1 Å². The largest absolute Gasteiger partial charge is 0.417 e. The smallest absolute Gasteiger partial charge is 0.354 e. The second-order valence-corrected chi connectivity index (χ2v) is 8.13. The Labute approximate surface area is 154 Å². The first-order valence-corrected chi connectivity index (χ1v) is 9.57. The maximum absolute atomic E-state index is 14.0. The molecule has 3 rings (SSSR count). The Bertz CT molecular complexity index is 922. The third-order valence-electron chi connectivity index (χ3n) is 4.34. The van der Waals surface area contributed by atoms with Gasteiger partial charge in [-0.15, -0.1) is 0 Å². The summed E-state index contributed by atoms with van der Waals surface area (Å²) in [6.07, 6.45) is -3.71. The van der Waals surface area contributed by atoms with Crippen molar-refractivity contribution in [1.29, 1.82) is 0 Å². The van der Waals surface area contributed by atoms with Crippen LogP contribution in [0.1, 0.15) is 11.1 Å². The van der Waals surface area contributed by atoms with Gasteiger partial charge in [-0.05, 0) is 36.8 Å². The number of benzene rings is 1. The van der Waals surface area contributed by atoms with Gasteiger partial charge in [-0.25, -0.2) is 17.8 Å². The zero-order chi connectivity index (χ0) is 19.8. The van der Waals surface area contributed by atoms with Crippen molar-refractivity contribution in [3.05, 3.63) is 53.5 Å². The van der Waals surface area contributed by atoms with Crippen LogP contribution < -0.4 is 4.90 Å². The molecule has 0 bridgehead atoms. The number of alkyl halides is 3. The molecule has 1 aliphatic heterocycles. The molecule has 2 heterocycles. The van der Waals surface area contributed by atoms with E-state index in [1.165, 1.54) is 22.5 Å². The molecule has 0 atom stereocenters. The van der Waals surface area contributed by atoms with E-state index in [4.69, 9.17) is 0 Å². The van der Waals surface area contributed by atoms with Crippen LogP contribution in [0.4, 0.5) is 23.4 Å². The minimum atomic E-state index is -4.46. The van der Waals surface area contributed by atoms with Crippen LogP contribution in [0.5, 0.6) is 0 Å². The standard InChI is InChI=1S/C17H17F4N3O2S/c1-12-2-4-14(18)15(10-12)27(25,26)24-8-6-23(7-9-24)16-5-3-13(11-22-16)17(19,20)21/h2-5,10-11H,6-9H2,1H3. The minimum Gasteiger partial charge on any atom is -0.354 e. The first kappa shape index (κ1) is 19.6. The van der Waals surface area contributed by atoms with Crippen LogP contribution in [0.15, 0.2) is 41.4 Å². The first-order chi connectivity index (χ1) is 12.6. The molecule has 1 fully saturated rings. The molecule has 1 aliphatic rings. The topological polar surface area (TPSA) is 53.5 Å². The molecule has 146 valence electrons. The third kappa shape index (κ3) is 4.06. The fourth-order valence-corrected chi connectivity index (χ4v) is 4.42. The van der Waals surface area contributed by atoms with Gasteiger partial charge in [0.1, 0.15) is 16.5 Å². The fourth-order valence-electron chi connectivity index (χ4n) is 2.85. The van der Waals surface area contributed by atoms with Crippen molar-refractivity contribution in [3.8, 4) is 0 Å². The monoisotopic (exact) mass is 403 g/mol. The number of piperazine rings is 1.